The molecule has 0 saturated carbocycles. The molecule has 198 valence electrons. The molecule has 1 aliphatic heterocycles. The second kappa shape index (κ2) is 12.4. The van der Waals surface area contributed by atoms with Crippen LogP contribution in [-0.2, 0) is 11.2 Å². The molecule has 2 heterocycles. The first-order chi connectivity index (χ1) is 17.9. The molecule has 1 saturated heterocycles. The number of carboxylic acids is 1. The number of benzene rings is 2. The van der Waals surface area contributed by atoms with Gasteiger partial charge in [-0.2, -0.15) is 0 Å². The van der Waals surface area contributed by atoms with E-state index in [1.54, 1.807) is 19.4 Å². The fraction of sp³-hybridized carbons (Fsp3) is 0.448. The molecule has 1 aromatic heterocycles. The van der Waals surface area contributed by atoms with Crippen molar-refractivity contribution in [3.63, 3.8) is 0 Å². The Morgan fingerprint density at radius 3 is 2.84 bits per heavy atom. The number of piperidine rings is 1. The fourth-order valence-corrected chi connectivity index (χ4v) is 5.52. The van der Waals surface area contributed by atoms with Crippen molar-refractivity contribution in [1.82, 2.24) is 9.88 Å². The number of aromatic nitrogens is 1. The Kier molecular flexibility index (Phi) is 9.05. The number of nitrogens with zero attached hydrogens (tertiary/aromatic N) is 2. The Balaban J connectivity index is 1.35. The highest BCUT2D eigenvalue weighted by Crippen LogP contribution is 2.35. The molecule has 4 rings (SSSR count). The summed E-state index contributed by atoms with van der Waals surface area (Å²) in [5.74, 6) is -1.59. The molecule has 37 heavy (non-hydrogen) atoms. The van der Waals surface area contributed by atoms with E-state index in [0.29, 0.717) is 43.7 Å². The lowest BCUT2D eigenvalue weighted by molar-refractivity contribution is -0.139. The number of hydrogen-bond acceptors (Lipinski definition) is 5. The summed E-state index contributed by atoms with van der Waals surface area (Å²) in [5.41, 5.74) is 1.94. The number of aryl methyl sites for hydroxylation is 1. The van der Waals surface area contributed by atoms with Gasteiger partial charge in [0, 0.05) is 24.5 Å². The number of likely N-dealkylation sites (tertiary alicyclic amines) is 1. The van der Waals surface area contributed by atoms with Crippen LogP contribution >= 0.6 is 0 Å². The summed E-state index contributed by atoms with van der Waals surface area (Å²) in [7, 11) is 1.60. The highest BCUT2D eigenvalue weighted by atomic mass is 19.2. The topological polar surface area (TPSA) is 82.9 Å². The zero-order valence-corrected chi connectivity index (χ0v) is 21.1. The van der Waals surface area contributed by atoms with Gasteiger partial charge in [-0.05, 0) is 98.5 Å². The van der Waals surface area contributed by atoms with Crippen molar-refractivity contribution in [2.75, 3.05) is 26.7 Å². The number of carboxylic acid groups (broad SMARTS) is 1. The van der Waals surface area contributed by atoms with Gasteiger partial charge >= 0.3 is 5.97 Å². The molecule has 1 fully saturated rings. The predicted octanol–water partition coefficient (Wildman–Crippen LogP) is 5.38. The van der Waals surface area contributed by atoms with Gasteiger partial charge in [0.15, 0.2) is 11.6 Å². The number of methoxy groups -OCH3 is 1. The predicted molar refractivity (Wildman–Crippen MR) is 137 cm³/mol. The number of aliphatic hydroxyl groups excluding tert-OH is 1. The third-order valence-corrected chi connectivity index (χ3v) is 7.52. The zero-order chi connectivity index (χ0) is 26.4. The Labute approximate surface area is 215 Å². The lowest BCUT2D eigenvalue weighted by Gasteiger charge is -2.38. The number of pyridine rings is 1. The minimum absolute atomic E-state index is 0.0290. The number of fused-ring (bicyclic) bond motifs is 1. The minimum Gasteiger partial charge on any atom is -0.497 e. The minimum atomic E-state index is -0.832. The van der Waals surface area contributed by atoms with E-state index >= 15 is 0 Å². The molecule has 2 aromatic carbocycles. The average Bonchev–Trinajstić information content (AvgIpc) is 2.89. The smallest absolute Gasteiger partial charge is 0.303 e. The Morgan fingerprint density at radius 1 is 1.22 bits per heavy atom. The number of halogens is 2. The van der Waals surface area contributed by atoms with Crippen LogP contribution in [0.2, 0.25) is 0 Å². The monoisotopic (exact) mass is 512 g/mol. The van der Waals surface area contributed by atoms with Gasteiger partial charge < -0.3 is 19.8 Å². The average molecular weight is 513 g/mol. The fourth-order valence-electron chi connectivity index (χ4n) is 5.52. The van der Waals surface area contributed by atoms with E-state index in [4.69, 9.17) is 4.74 Å². The summed E-state index contributed by atoms with van der Waals surface area (Å²) >= 11 is 0. The molecule has 0 bridgehead atoms. The summed E-state index contributed by atoms with van der Waals surface area (Å²) in [6, 6.07) is 11.6. The van der Waals surface area contributed by atoms with Crippen molar-refractivity contribution in [1.29, 1.82) is 0 Å². The molecule has 1 unspecified atom stereocenters. The maximum Gasteiger partial charge on any atom is 0.303 e. The largest absolute Gasteiger partial charge is 0.497 e. The first kappa shape index (κ1) is 26.9. The first-order valence-corrected chi connectivity index (χ1v) is 12.8. The van der Waals surface area contributed by atoms with Gasteiger partial charge in [0.1, 0.15) is 5.75 Å². The summed E-state index contributed by atoms with van der Waals surface area (Å²) in [6.07, 6.45) is 4.25. The normalized spacial score (nSPS) is 19.1. The van der Waals surface area contributed by atoms with Gasteiger partial charge in [0.05, 0.1) is 18.7 Å². The van der Waals surface area contributed by atoms with Crippen LogP contribution in [0, 0.1) is 23.5 Å². The van der Waals surface area contributed by atoms with E-state index < -0.39 is 23.7 Å². The summed E-state index contributed by atoms with van der Waals surface area (Å²) in [6.45, 7) is 2.16. The molecule has 0 amide bonds. The number of ether oxygens (including phenoxy) is 1. The molecule has 0 spiro atoms. The first-order valence-electron chi connectivity index (χ1n) is 12.8. The van der Waals surface area contributed by atoms with E-state index in [9.17, 15) is 23.8 Å². The quantitative estimate of drug-likeness (QED) is 0.359. The molecule has 3 aromatic rings. The number of aliphatic carboxylic acids is 1. The van der Waals surface area contributed by atoms with E-state index in [0.717, 1.165) is 41.9 Å². The van der Waals surface area contributed by atoms with Gasteiger partial charge in [-0.25, -0.2) is 8.78 Å². The second-order valence-electron chi connectivity index (χ2n) is 9.90. The lowest BCUT2D eigenvalue weighted by atomic mass is 9.79. The van der Waals surface area contributed by atoms with Crippen molar-refractivity contribution in [2.45, 2.75) is 44.6 Å². The van der Waals surface area contributed by atoms with Gasteiger partial charge in [-0.3, -0.25) is 9.78 Å². The highest BCUT2D eigenvalue weighted by Gasteiger charge is 2.31. The van der Waals surface area contributed by atoms with Crippen molar-refractivity contribution in [3.05, 3.63) is 71.4 Å². The van der Waals surface area contributed by atoms with Crippen molar-refractivity contribution >= 4 is 16.9 Å². The van der Waals surface area contributed by atoms with Crippen LogP contribution in [0.3, 0.4) is 0 Å². The highest BCUT2D eigenvalue weighted by molar-refractivity contribution is 5.83. The molecule has 0 radical (unpaired) electrons. The zero-order valence-electron chi connectivity index (χ0n) is 21.1. The Hall–Kier alpha value is -3.10. The number of aliphatic hydroxyl groups is 1. The third-order valence-electron chi connectivity index (χ3n) is 7.52. The van der Waals surface area contributed by atoms with Gasteiger partial charge in [-0.1, -0.05) is 12.1 Å². The van der Waals surface area contributed by atoms with Crippen LogP contribution in [0.25, 0.3) is 10.9 Å². The summed E-state index contributed by atoms with van der Waals surface area (Å²) in [5, 5.41) is 21.4. The van der Waals surface area contributed by atoms with Crippen molar-refractivity contribution < 1.29 is 28.5 Å². The van der Waals surface area contributed by atoms with E-state index in [1.807, 2.05) is 24.3 Å². The Bertz CT molecular complexity index is 1220. The second-order valence-corrected chi connectivity index (χ2v) is 9.90. The maximum atomic E-state index is 13.9. The molecular formula is C29H34F2N2O4. The number of hydrogen-bond donors (Lipinski definition) is 2. The van der Waals surface area contributed by atoms with E-state index in [1.165, 1.54) is 6.07 Å². The van der Waals surface area contributed by atoms with E-state index in [2.05, 4.69) is 9.88 Å². The molecule has 3 atom stereocenters. The van der Waals surface area contributed by atoms with E-state index in [-0.39, 0.29) is 18.3 Å². The summed E-state index contributed by atoms with van der Waals surface area (Å²) < 4.78 is 32.7. The molecular weight excluding hydrogens is 478 g/mol. The lowest BCUT2D eigenvalue weighted by Crippen LogP contribution is -2.42. The van der Waals surface area contributed by atoms with Crippen LogP contribution in [0.4, 0.5) is 8.78 Å². The van der Waals surface area contributed by atoms with Crippen molar-refractivity contribution in [3.8, 4) is 5.75 Å². The number of rotatable bonds is 11. The number of carbonyl (C=O) groups is 1. The molecule has 2 N–H and O–H groups in total. The van der Waals surface area contributed by atoms with Gasteiger partial charge in [-0.15, -0.1) is 0 Å². The third kappa shape index (κ3) is 6.81. The van der Waals surface area contributed by atoms with Crippen molar-refractivity contribution in [2.24, 2.45) is 11.8 Å². The van der Waals surface area contributed by atoms with Gasteiger partial charge in [0.2, 0.25) is 0 Å². The molecule has 6 nitrogen and oxygen atoms in total. The van der Waals surface area contributed by atoms with Crippen LogP contribution in [-0.4, -0.2) is 52.8 Å². The van der Waals surface area contributed by atoms with Crippen LogP contribution < -0.4 is 4.74 Å². The molecule has 1 aliphatic rings. The standard InChI is InChI=1S/C29H34F2N2O4/c1-37-22-8-9-26-24(17-22)23(11-13-32-26)27(34)10-7-19-12-15-33(18-21(19)16-28(35)36)14-3-5-20-4-2-6-25(30)29(20)31/h2,4,6,8-9,11,13,17,19,21,27,34H,3,5,7,10,12,14-16,18H2,1H3,(H,35,36)/t19-,21+,27?/m1/s1. The Morgan fingerprint density at radius 2 is 2.05 bits per heavy atom. The maximum absolute atomic E-state index is 13.9. The summed E-state index contributed by atoms with van der Waals surface area (Å²) in [4.78, 5) is 18.2. The van der Waals surface area contributed by atoms with Gasteiger partial charge in [0.25, 0.3) is 0 Å². The molecule has 0 aliphatic carbocycles. The van der Waals surface area contributed by atoms with Crippen LogP contribution in [0.1, 0.15) is 49.3 Å². The van der Waals surface area contributed by atoms with Crippen LogP contribution in [0.15, 0.2) is 48.7 Å². The molecule has 8 heteroatoms. The SMILES string of the molecule is COc1ccc2nccc(C(O)CC[C@@H]3CCN(CCCc4cccc(F)c4F)C[C@@H]3CC(=O)O)c2c1. The van der Waals surface area contributed by atoms with Crippen LogP contribution in [0.5, 0.6) is 5.75 Å².